The maximum atomic E-state index is 14.7. The van der Waals surface area contributed by atoms with Gasteiger partial charge in [-0.3, -0.25) is 0 Å². The van der Waals surface area contributed by atoms with Crippen LogP contribution < -0.4 is 9.47 Å². The lowest BCUT2D eigenvalue weighted by Gasteiger charge is -2.22. The predicted molar refractivity (Wildman–Crippen MR) is 139 cm³/mol. The van der Waals surface area contributed by atoms with E-state index < -0.39 is 20.6 Å². The molecular formula is C28H27ClFNO4S. The van der Waals surface area contributed by atoms with Gasteiger partial charge in [0.05, 0.1) is 17.1 Å². The van der Waals surface area contributed by atoms with Gasteiger partial charge in [-0.05, 0) is 70.2 Å². The van der Waals surface area contributed by atoms with Crippen molar-refractivity contribution in [3.8, 4) is 17.6 Å². The van der Waals surface area contributed by atoms with Crippen molar-refractivity contribution >= 4 is 27.5 Å². The Kier molecular flexibility index (Phi) is 8.78. The summed E-state index contributed by atoms with van der Waals surface area (Å²) in [6, 6.07) is 17.2. The van der Waals surface area contributed by atoms with E-state index in [4.69, 9.17) is 21.1 Å². The largest absolute Gasteiger partial charge is 0.491 e. The first-order valence-electron chi connectivity index (χ1n) is 11.4. The molecule has 0 fully saturated rings. The van der Waals surface area contributed by atoms with Crippen LogP contribution in [0.3, 0.4) is 0 Å². The number of allylic oxidation sites excluding steroid dienone is 1. The summed E-state index contributed by atoms with van der Waals surface area (Å²) in [7, 11) is -4.08. The zero-order valence-corrected chi connectivity index (χ0v) is 22.0. The van der Waals surface area contributed by atoms with Crippen LogP contribution in [-0.4, -0.2) is 20.6 Å². The van der Waals surface area contributed by atoms with Gasteiger partial charge in [-0.25, -0.2) is 12.8 Å². The van der Waals surface area contributed by atoms with Crippen LogP contribution >= 0.6 is 11.6 Å². The molecule has 0 saturated heterocycles. The first-order chi connectivity index (χ1) is 17.0. The minimum atomic E-state index is -4.08. The summed E-state index contributed by atoms with van der Waals surface area (Å²) in [4.78, 5) is -0.447. The lowest BCUT2D eigenvalue weighted by molar-refractivity contribution is 0.225. The van der Waals surface area contributed by atoms with Gasteiger partial charge in [0.25, 0.3) is 0 Å². The lowest BCUT2D eigenvalue weighted by atomic mass is 9.99. The van der Waals surface area contributed by atoms with Gasteiger partial charge in [-0.1, -0.05) is 35.9 Å². The van der Waals surface area contributed by atoms with E-state index in [1.165, 1.54) is 30.3 Å². The van der Waals surface area contributed by atoms with Crippen LogP contribution in [0.2, 0.25) is 5.02 Å². The standard InChI is InChI=1S/C28H27ClFNO4S/c1-18(2)34-27-14-13-20(15-22(17-31)36(32,33)21-9-6-5-7-10-21)28(35-19(3)4)24(27)16-23-25(29)11-8-12-26(23)30/h5-15,18-19H,16H2,1-4H3. The highest BCUT2D eigenvalue weighted by Crippen LogP contribution is 2.39. The zero-order chi connectivity index (χ0) is 26.5. The molecule has 3 aromatic rings. The number of sulfone groups is 1. The average molecular weight is 528 g/mol. The number of benzene rings is 3. The molecule has 188 valence electrons. The fraction of sp³-hybridized carbons (Fsp3) is 0.250. The summed E-state index contributed by atoms with van der Waals surface area (Å²) in [6.07, 6.45) is 0.801. The Labute approximate surface area is 216 Å². The fourth-order valence-corrected chi connectivity index (χ4v) is 4.97. The molecule has 0 saturated carbocycles. The summed E-state index contributed by atoms with van der Waals surface area (Å²) in [5.41, 5.74) is 1.09. The van der Waals surface area contributed by atoms with Crippen molar-refractivity contribution in [1.29, 1.82) is 5.26 Å². The van der Waals surface area contributed by atoms with E-state index in [0.29, 0.717) is 22.6 Å². The second-order valence-electron chi connectivity index (χ2n) is 8.61. The maximum Gasteiger partial charge on any atom is 0.216 e. The highest BCUT2D eigenvalue weighted by molar-refractivity contribution is 7.95. The molecule has 3 rings (SSSR count). The van der Waals surface area contributed by atoms with Crippen molar-refractivity contribution in [2.45, 2.75) is 51.2 Å². The molecule has 36 heavy (non-hydrogen) atoms. The third kappa shape index (κ3) is 6.26. The van der Waals surface area contributed by atoms with Crippen LogP contribution in [0.4, 0.5) is 4.39 Å². The first kappa shape index (κ1) is 27.3. The second-order valence-corrected chi connectivity index (χ2v) is 10.9. The SMILES string of the molecule is CC(C)Oc1ccc(C=C(C#N)S(=O)(=O)c2ccccc2)c(OC(C)C)c1Cc1c(F)cccc1Cl. The van der Waals surface area contributed by atoms with Crippen molar-refractivity contribution in [3.05, 3.63) is 93.1 Å². The molecule has 0 spiro atoms. The number of hydrogen-bond donors (Lipinski definition) is 0. The molecule has 8 heteroatoms. The van der Waals surface area contributed by atoms with Crippen LogP contribution in [0, 0.1) is 17.1 Å². The summed E-state index contributed by atoms with van der Waals surface area (Å²) in [5.74, 6) is 0.249. The normalized spacial score (nSPS) is 12.0. The van der Waals surface area contributed by atoms with Gasteiger partial charge in [-0.2, -0.15) is 5.26 Å². The Bertz CT molecular complexity index is 1390. The number of nitriles is 1. The Morgan fingerprint density at radius 1 is 0.972 bits per heavy atom. The minimum Gasteiger partial charge on any atom is -0.491 e. The Morgan fingerprint density at radius 2 is 1.64 bits per heavy atom. The predicted octanol–water partition coefficient (Wildman–Crippen LogP) is 6.98. The number of halogens is 2. The lowest BCUT2D eigenvalue weighted by Crippen LogP contribution is -2.13. The van der Waals surface area contributed by atoms with Gasteiger partial charge < -0.3 is 9.47 Å². The van der Waals surface area contributed by atoms with E-state index in [2.05, 4.69) is 0 Å². The van der Waals surface area contributed by atoms with Gasteiger partial charge in [0.15, 0.2) is 0 Å². The van der Waals surface area contributed by atoms with E-state index in [1.54, 1.807) is 36.4 Å². The fourth-order valence-electron chi connectivity index (χ4n) is 3.56. The van der Waals surface area contributed by atoms with Gasteiger partial charge in [0.2, 0.25) is 9.84 Å². The van der Waals surface area contributed by atoms with Crippen molar-refractivity contribution in [2.24, 2.45) is 0 Å². The first-order valence-corrected chi connectivity index (χ1v) is 13.2. The molecule has 0 unspecified atom stereocenters. The molecule has 0 atom stereocenters. The molecule has 5 nitrogen and oxygen atoms in total. The third-order valence-electron chi connectivity index (χ3n) is 5.12. The summed E-state index contributed by atoms with van der Waals surface area (Å²) in [6.45, 7) is 7.35. The second kappa shape index (κ2) is 11.6. The molecule has 0 aliphatic rings. The number of rotatable bonds is 9. The highest BCUT2D eigenvalue weighted by Gasteiger charge is 2.24. The Balaban J connectivity index is 2.27. The van der Waals surface area contributed by atoms with Crippen molar-refractivity contribution < 1.29 is 22.3 Å². The molecular weight excluding hydrogens is 501 g/mol. The quantitative estimate of drug-likeness (QED) is 0.280. The number of nitrogens with zero attached hydrogens (tertiary/aromatic N) is 1. The van der Waals surface area contributed by atoms with E-state index in [-0.39, 0.29) is 34.1 Å². The number of ether oxygens (including phenoxy) is 2. The van der Waals surface area contributed by atoms with E-state index in [1.807, 2.05) is 33.8 Å². The zero-order valence-electron chi connectivity index (χ0n) is 20.5. The van der Waals surface area contributed by atoms with Crippen LogP contribution in [0.5, 0.6) is 11.5 Å². The summed E-state index contributed by atoms with van der Waals surface area (Å²) < 4.78 is 53.2. The molecule has 0 aliphatic heterocycles. The molecule has 0 radical (unpaired) electrons. The van der Waals surface area contributed by atoms with Gasteiger partial charge >= 0.3 is 0 Å². The van der Waals surface area contributed by atoms with Crippen LogP contribution in [0.15, 0.2) is 70.5 Å². The monoisotopic (exact) mass is 527 g/mol. The molecule has 0 N–H and O–H groups in total. The molecule has 0 heterocycles. The van der Waals surface area contributed by atoms with E-state index in [9.17, 15) is 18.1 Å². The maximum absolute atomic E-state index is 14.7. The van der Waals surface area contributed by atoms with E-state index in [0.717, 1.165) is 0 Å². The summed E-state index contributed by atoms with van der Waals surface area (Å²) in [5, 5.41) is 10.0. The van der Waals surface area contributed by atoms with Crippen LogP contribution in [0.25, 0.3) is 6.08 Å². The highest BCUT2D eigenvalue weighted by atomic mass is 35.5. The van der Waals surface area contributed by atoms with Crippen LogP contribution in [-0.2, 0) is 16.3 Å². The molecule has 0 bridgehead atoms. The van der Waals surface area contributed by atoms with Gasteiger partial charge in [0.1, 0.15) is 28.3 Å². The number of hydrogen-bond acceptors (Lipinski definition) is 5. The van der Waals surface area contributed by atoms with Crippen molar-refractivity contribution in [3.63, 3.8) is 0 Å². The summed E-state index contributed by atoms with van der Waals surface area (Å²) >= 11 is 6.31. The third-order valence-corrected chi connectivity index (χ3v) is 7.15. The Morgan fingerprint density at radius 3 is 2.22 bits per heavy atom. The van der Waals surface area contributed by atoms with Crippen LogP contribution in [0.1, 0.15) is 44.4 Å². The smallest absolute Gasteiger partial charge is 0.216 e. The van der Waals surface area contributed by atoms with Crippen molar-refractivity contribution in [2.75, 3.05) is 0 Å². The molecule has 0 aliphatic carbocycles. The molecule has 3 aromatic carbocycles. The van der Waals surface area contributed by atoms with Gasteiger partial charge in [0, 0.05) is 28.1 Å². The van der Waals surface area contributed by atoms with Gasteiger partial charge in [-0.15, -0.1) is 0 Å². The molecule has 0 aromatic heterocycles. The molecule has 0 amide bonds. The van der Waals surface area contributed by atoms with E-state index >= 15 is 0 Å². The average Bonchev–Trinajstić information content (AvgIpc) is 2.82. The minimum absolute atomic E-state index is 0.00208. The topological polar surface area (TPSA) is 76.4 Å². The Hall–Kier alpha value is -3.34. The van der Waals surface area contributed by atoms with Crippen molar-refractivity contribution in [1.82, 2.24) is 0 Å².